The van der Waals surface area contributed by atoms with Gasteiger partial charge in [0.15, 0.2) is 5.69 Å². The first-order chi connectivity index (χ1) is 14.1. The van der Waals surface area contributed by atoms with Crippen molar-refractivity contribution < 1.29 is 9.18 Å². The van der Waals surface area contributed by atoms with Crippen molar-refractivity contribution in [1.29, 1.82) is 0 Å². The molecule has 0 spiro atoms. The van der Waals surface area contributed by atoms with Crippen LogP contribution in [-0.2, 0) is 6.42 Å². The molecule has 29 heavy (non-hydrogen) atoms. The van der Waals surface area contributed by atoms with Gasteiger partial charge >= 0.3 is 0 Å². The van der Waals surface area contributed by atoms with Crippen LogP contribution in [0.15, 0.2) is 66.7 Å². The Balaban J connectivity index is 1.39. The number of fused-ring (bicyclic) bond motifs is 3. The quantitative estimate of drug-likeness (QED) is 0.497. The van der Waals surface area contributed by atoms with Crippen LogP contribution in [0.1, 0.15) is 27.3 Å². The van der Waals surface area contributed by atoms with E-state index in [9.17, 15) is 9.18 Å². The van der Waals surface area contributed by atoms with Crippen molar-refractivity contribution in [2.24, 2.45) is 0 Å². The third kappa shape index (κ3) is 2.99. The first-order valence-corrected chi connectivity index (χ1v) is 9.31. The molecule has 1 aliphatic carbocycles. The van der Waals surface area contributed by atoms with Gasteiger partial charge in [0, 0.05) is 5.69 Å². The number of nitrogens with one attached hydrogen (secondary N) is 1. The van der Waals surface area contributed by atoms with Gasteiger partial charge < -0.3 is 5.32 Å². The lowest BCUT2D eigenvalue weighted by atomic mass is 10.1. The van der Waals surface area contributed by atoms with Gasteiger partial charge in [-0.2, -0.15) is 0 Å². The number of anilines is 1. The molecular formula is C23H17FN4O. The van der Waals surface area contributed by atoms with Gasteiger partial charge in [-0.3, -0.25) is 4.79 Å². The molecule has 1 aromatic heterocycles. The third-order valence-corrected chi connectivity index (χ3v) is 5.23. The van der Waals surface area contributed by atoms with Gasteiger partial charge in [-0.05, 0) is 72.0 Å². The summed E-state index contributed by atoms with van der Waals surface area (Å²) < 4.78 is 14.7. The molecule has 1 amide bonds. The number of hydrogen-bond donors (Lipinski definition) is 1. The zero-order valence-corrected chi connectivity index (χ0v) is 15.7. The van der Waals surface area contributed by atoms with E-state index < -0.39 is 0 Å². The van der Waals surface area contributed by atoms with E-state index in [0.29, 0.717) is 11.4 Å². The van der Waals surface area contributed by atoms with Crippen molar-refractivity contribution in [2.45, 2.75) is 13.3 Å². The largest absolute Gasteiger partial charge is 0.321 e. The average molecular weight is 384 g/mol. The molecule has 5 rings (SSSR count). The van der Waals surface area contributed by atoms with Gasteiger partial charge in [-0.1, -0.05) is 35.5 Å². The number of carbonyl (C=O) groups excluding carboxylic acids is 1. The molecule has 3 aromatic carbocycles. The summed E-state index contributed by atoms with van der Waals surface area (Å²) in [5.41, 5.74) is 7.12. The fourth-order valence-electron chi connectivity index (χ4n) is 3.78. The Morgan fingerprint density at radius 3 is 2.59 bits per heavy atom. The van der Waals surface area contributed by atoms with Crippen LogP contribution in [0.25, 0.3) is 16.8 Å². The monoisotopic (exact) mass is 384 g/mol. The second-order valence-electron chi connectivity index (χ2n) is 7.07. The highest BCUT2D eigenvalue weighted by Gasteiger charge is 2.20. The Bertz CT molecular complexity index is 1240. The zero-order valence-electron chi connectivity index (χ0n) is 15.7. The van der Waals surface area contributed by atoms with Crippen LogP contribution in [0.3, 0.4) is 0 Å². The topological polar surface area (TPSA) is 59.8 Å². The van der Waals surface area contributed by atoms with E-state index in [1.165, 1.54) is 39.1 Å². The summed E-state index contributed by atoms with van der Waals surface area (Å²) >= 11 is 0. The molecular weight excluding hydrogens is 367 g/mol. The molecule has 0 aliphatic heterocycles. The van der Waals surface area contributed by atoms with Crippen molar-refractivity contribution in [2.75, 3.05) is 5.32 Å². The lowest BCUT2D eigenvalue weighted by Gasteiger charge is -2.07. The number of benzene rings is 3. The van der Waals surface area contributed by atoms with Crippen molar-refractivity contribution in [3.8, 4) is 16.8 Å². The summed E-state index contributed by atoms with van der Waals surface area (Å²) in [5.74, 6) is -0.658. The standard InChI is InChI=1S/C23H17FN4O/c1-14-22(26-27-28(14)19-9-6-17(24)7-10-19)23(29)25-18-8-11-21-16(13-18)12-15-4-2-3-5-20(15)21/h2-11,13H,12H2,1H3,(H,25,29). The lowest BCUT2D eigenvalue weighted by molar-refractivity contribution is 0.102. The molecule has 0 radical (unpaired) electrons. The average Bonchev–Trinajstić information content (AvgIpc) is 3.28. The zero-order chi connectivity index (χ0) is 20.0. The number of aromatic nitrogens is 3. The van der Waals surface area contributed by atoms with Crippen molar-refractivity contribution >= 4 is 11.6 Å². The SMILES string of the molecule is Cc1c(C(=O)Nc2ccc3c(c2)Cc2ccccc2-3)nnn1-c1ccc(F)cc1. The fourth-order valence-corrected chi connectivity index (χ4v) is 3.78. The molecule has 142 valence electrons. The minimum absolute atomic E-state index is 0.234. The van der Waals surface area contributed by atoms with Crippen molar-refractivity contribution in [3.05, 3.63) is 95.1 Å². The number of amides is 1. The molecule has 4 aromatic rings. The van der Waals surface area contributed by atoms with E-state index in [0.717, 1.165) is 12.1 Å². The predicted molar refractivity (Wildman–Crippen MR) is 109 cm³/mol. The highest BCUT2D eigenvalue weighted by atomic mass is 19.1. The fraction of sp³-hybridized carbons (Fsp3) is 0.0870. The Morgan fingerprint density at radius 2 is 1.76 bits per heavy atom. The number of carbonyl (C=O) groups is 1. The molecule has 0 atom stereocenters. The van der Waals surface area contributed by atoms with Crippen LogP contribution in [0.2, 0.25) is 0 Å². The highest BCUT2D eigenvalue weighted by molar-refractivity contribution is 6.03. The van der Waals surface area contributed by atoms with Gasteiger partial charge in [0.1, 0.15) is 5.82 Å². The first kappa shape index (κ1) is 17.3. The predicted octanol–water partition coefficient (Wildman–Crippen LogP) is 4.54. The number of rotatable bonds is 3. The minimum Gasteiger partial charge on any atom is -0.321 e. The molecule has 0 unspecified atom stereocenters. The lowest BCUT2D eigenvalue weighted by Crippen LogP contribution is -2.14. The maximum absolute atomic E-state index is 13.2. The van der Waals surface area contributed by atoms with E-state index in [4.69, 9.17) is 0 Å². The summed E-state index contributed by atoms with van der Waals surface area (Å²) in [6, 6.07) is 20.2. The number of nitrogens with zero attached hydrogens (tertiary/aromatic N) is 3. The van der Waals surface area contributed by atoms with Gasteiger partial charge in [0.05, 0.1) is 11.4 Å². The molecule has 1 N–H and O–H groups in total. The van der Waals surface area contributed by atoms with Crippen molar-refractivity contribution in [3.63, 3.8) is 0 Å². The molecule has 0 saturated heterocycles. The summed E-state index contributed by atoms with van der Waals surface area (Å²) in [6.45, 7) is 1.76. The van der Waals surface area contributed by atoms with Gasteiger partial charge in [-0.15, -0.1) is 5.10 Å². The Hall–Kier alpha value is -3.80. The van der Waals surface area contributed by atoms with Gasteiger partial charge in [-0.25, -0.2) is 9.07 Å². The summed E-state index contributed by atoms with van der Waals surface area (Å²) in [6.07, 6.45) is 0.856. The van der Waals surface area contributed by atoms with E-state index >= 15 is 0 Å². The highest BCUT2D eigenvalue weighted by Crippen LogP contribution is 2.37. The third-order valence-electron chi connectivity index (χ3n) is 5.23. The Kier molecular flexibility index (Phi) is 3.98. The molecule has 1 aliphatic rings. The summed E-state index contributed by atoms with van der Waals surface area (Å²) in [7, 11) is 0. The Labute approximate surface area is 166 Å². The summed E-state index contributed by atoms with van der Waals surface area (Å²) in [4.78, 5) is 12.8. The van der Waals surface area contributed by atoms with Crippen LogP contribution < -0.4 is 5.32 Å². The molecule has 0 fully saturated rings. The van der Waals surface area contributed by atoms with Crippen LogP contribution >= 0.6 is 0 Å². The first-order valence-electron chi connectivity index (χ1n) is 9.31. The van der Waals surface area contributed by atoms with Crippen LogP contribution in [0.4, 0.5) is 10.1 Å². The van der Waals surface area contributed by atoms with Crippen LogP contribution in [0, 0.1) is 12.7 Å². The second kappa shape index (κ2) is 6.67. The molecule has 0 saturated carbocycles. The van der Waals surface area contributed by atoms with Gasteiger partial charge in [0.25, 0.3) is 5.91 Å². The maximum Gasteiger partial charge on any atom is 0.278 e. The van der Waals surface area contributed by atoms with E-state index in [1.807, 2.05) is 30.3 Å². The maximum atomic E-state index is 13.2. The minimum atomic E-state index is -0.330. The normalized spacial score (nSPS) is 11.8. The molecule has 0 bridgehead atoms. The van der Waals surface area contributed by atoms with Crippen molar-refractivity contribution in [1.82, 2.24) is 15.0 Å². The summed E-state index contributed by atoms with van der Waals surface area (Å²) in [5, 5.41) is 11.0. The van der Waals surface area contributed by atoms with E-state index in [1.54, 1.807) is 19.1 Å². The second-order valence-corrected chi connectivity index (χ2v) is 7.07. The molecule has 5 nitrogen and oxygen atoms in total. The van der Waals surface area contributed by atoms with Crippen LogP contribution in [0.5, 0.6) is 0 Å². The number of halogens is 1. The van der Waals surface area contributed by atoms with E-state index in [-0.39, 0.29) is 17.4 Å². The van der Waals surface area contributed by atoms with Crippen LogP contribution in [-0.4, -0.2) is 20.9 Å². The van der Waals surface area contributed by atoms with E-state index in [2.05, 4.69) is 27.8 Å². The smallest absolute Gasteiger partial charge is 0.278 e. The molecule has 1 heterocycles. The van der Waals surface area contributed by atoms with Gasteiger partial charge in [0.2, 0.25) is 0 Å². The Morgan fingerprint density at radius 1 is 1.00 bits per heavy atom. The molecule has 6 heteroatoms. The number of hydrogen-bond acceptors (Lipinski definition) is 3.